The number of aromatic nitrogens is 1. The normalized spacial score (nSPS) is 13.3. The number of rotatable bonds is 11. The van der Waals surface area contributed by atoms with Crippen LogP contribution in [0.4, 0.5) is 34.1 Å². The van der Waals surface area contributed by atoms with Gasteiger partial charge in [-0.05, 0) is 142 Å². The van der Waals surface area contributed by atoms with E-state index < -0.39 is 0 Å². The summed E-state index contributed by atoms with van der Waals surface area (Å²) in [6.07, 6.45) is 8.04. The molecule has 1 atom stereocenters. The number of allylic oxidation sites excluding steroid dienone is 4. The number of para-hydroxylation sites is 1. The van der Waals surface area contributed by atoms with E-state index in [2.05, 4.69) is 294 Å². The number of nitrogens with zero attached hydrogens (tertiary/aromatic N) is 3. The molecule has 70 heavy (non-hydrogen) atoms. The first-order valence-electron chi connectivity index (χ1n) is 24.3. The highest BCUT2D eigenvalue weighted by atomic mass is 15.1. The summed E-state index contributed by atoms with van der Waals surface area (Å²) in [4.78, 5) is 4.73. The first-order chi connectivity index (χ1) is 34.6. The van der Waals surface area contributed by atoms with Gasteiger partial charge in [-0.25, -0.2) is 0 Å². The van der Waals surface area contributed by atoms with Gasteiger partial charge in [-0.15, -0.1) is 0 Å². The van der Waals surface area contributed by atoms with Gasteiger partial charge < -0.3 is 14.4 Å². The monoisotopic (exact) mass is 897 g/mol. The molecule has 11 aromatic rings. The van der Waals surface area contributed by atoms with Crippen LogP contribution in [0.1, 0.15) is 13.3 Å². The van der Waals surface area contributed by atoms with Crippen LogP contribution in [0.25, 0.3) is 72.0 Å². The SMILES string of the molecule is CC1C=CC(n2c3ccccc3c3ccc(N(c4ccc(-c5ccccc5)cc4)c4ccc(-c5ccc(N(c6ccc(-c7ccccc7)cc6)c6ccc(-c7ccccc7)cc6)cc5)cc4)cc32)=CC1. The molecular weight excluding hydrogens is 847 g/mol. The topological polar surface area (TPSA) is 11.4 Å². The van der Waals surface area contributed by atoms with Crippen molar-refractivity contribution in [3.8, 4) is 44.5 Å². The molecule has 0 aliphatic heterocycles. The van der Waals surface area contributed by atoms with Crippen molar-refractivity contribution in [1.29, 1.82) is 0 Å². The number of anilines is 6. The van der Waals surface area contributed by atoms with Crippen LogP contribution in [-0.2, 0) is 0 Å². The molecule has 12 rings (SSSR count). The van der Waals surface area contributed by atoms with Crippen molar-refractivity contribution in [2.75, 3.05) is 9.80 Å². The van der Waals surface area contributed by atoms with Crippen molar-refractivity contribution in [2.24, 2.45) is 5.92 Å². The van der Waals surface area contributed by atoms with Crippen molar-refractivity contribution in [2.45, 2.75) is 13.3 Å². The first-order valence-corrected chi connectivity index (χ1v) is 24.3. The average molecular weight is 898 g/mol. The lowest BCUT2D eigenvalue weighted by Crippen LogP contribution is -2.10. The second-order valence-electron chi connectivity index (χ2n) is 18.3. The second-order valence-corrected chi connectivity index (χ2v) is 18.3. The van der Waals surface area contributed by atoms with Crippen LogP contribution < -0.4 is 9.80 Å². The smallest absolute Gasteiger partial charge is 0.0561 e. The highest BCUT2D eigenvalue weighted by molar-refractivity contribution is 6.11. The Labute approximate surface area is 410 Å². The maximum absolute atomic E-state index is 2.45. The van der Waals surface area contributed by atoms with Gasteiger partial charge in [0.2, 0.25) is 0 Å². The molecule has 1 unspecified atom stereocenters. The van der Waals surface area contributed by atoms with E-state index in [-0.39, 0.29) is 0 Å². The molecule has 1 aliphatic rings. The van der Waals surface area contributed by atoms with Crippen molar-refractivity contribution in [1.82, 2.24) is 4.57 Å². The van der Waals surface area contributed by atoms with Crippen molar-refractivity contribution >= 4 is 61.6 Å². The maximum Gasteiger partial charge on any atom is 0.0561 e. The third-order valence-corrected chi connectivity index (χ3v) is 13.8. The summed E-state index contributed by atoms with van der Waals surface area (Å²) in [6.45, 7) is 2.28. The lowest BCUT2D eigenvalue weighted by atomic mass is 10.0. The summed E-state index contributed by atoms with van der Waals surface area (Å²) in [5.74, 6) is 0.532. The third-order valence-electron chi connectivity index (χ3n) is 13.8. The number of fused-ring (bicyclic) bond motifs is 3. The van der Waals surface area contributed by atoms with Crippen LogP contribution in [0.2, 0.25) is 0 Å². The molecule has 0 saturated carbocycles. The molecule has 0 saturated heterocycles. The summed E-state index contributed by atoms with van der Waals surface area (Å²) in [5.41, 5.74) is 19.7. The van der Waals surface area contributed by atoms with Crippen molar-refractivity contribution in [3.05, 3.63) is 273 Å². The number of benzene rings is 10. The fourth-order valence-electron chi connectivity index (χ4n) is 10.1. The first kappa shape index (κ1) is 42.4. The van der Waals surface area contributed by atoms with Crippen LogP contribution >= 0.6 is 0 Å². The van der Waals surface area contributed by atoms with E-state index in [9.17, 15) is 0 Å². The van der Waals surface area contributed by atoms with E-state index in [1.807, 2.05) is 0 Å². The maximum atomic E-state index is 2.45. The average Bonchev–Trinajstić information content (AvgIpc) is 3.76. The molecule has 0 bridgehead atoms. The van der Waals surface area contributed by atoms with Gasteiger partial charge in [0, 0.05) is 50.6 Å². The number of hydrogen-bond acceptors (Lipinski definition) is 2. The number of hydrogen-bond donors (Lipinski definition) is 0. The van der Waals surface area contributed by atoms with Crippen LogP contribution in [0.3, 0.4) is 0 Å². The largest absolute Gasteiger partial charge is 0.311 e. The Bertz CT molecular complexity index is 3550. The van der Waals surface area contributed by atoms with Gasteiger partial charge in [0.15, 0.2) is 0 Å². The van der Waals surface area contributed by atoms with Crippen molar-refractivity contribution < 1.29 is 0 Å². The van der Waals surface area contributed by atoms with Gasteiger partial charge in [-0.2, -0.15) is 0 Å². The third kappa shape index (κ3) is 8.29. The zero-order chi connectivity index (χ0) is 46.8. The molecule has 0 radical (unpaired) electrons. The Kier molecular flexibility index (Phi) is 11.3. The minimum absolute atomic E-state index is 0.532. The van der Waals surface area contributed by atoms with E-state index in [1.54, 1.807) is 0 Å². The summed E-state index contributed by atoms with van der Waals surface area (Å²) < 4.78 is 2.45. The predicted molar refractivity (Wildman–Crippen MR) is 298 cm³/mol. The molecule has 0 spiro atoms. The molecule has 10 aromatic carbocycles. The standard InChI is InChI=1S/C67H51N3/c1-48-21-33-62(34-22-48)70-66-20-12-11-19-64(66)65-46-45-63(47-67(65)70)69(60-41-27-54(28-42-60)51-17-9-4-10-18-51)61-43-31-56(32-44-61)55-29-39-59(40-30-55)68(57-35-23-52(24-36-57)49-13-5-2-6-14-49)58-37-25-53(26-38-58)50-15-7-3-8-16-50/h2-21,23-48H,22H2,1H3. The quantitative estimate of drug-likeness (QED) is 0.128. The van der Waals surface area contributed by atoms with Gasteiger partial charge in [0.1, 0.15) is 0 Å². The van der Waals surface area contributed by atoms with E-state index in [4.69, 9.17) is 0 Å². The summed E-state index contributed by atoms with van der Waals surface area (Å²) >= 11 is 0. The Balaban J connectivity index is 0.902. The molecule has 1 heterocycles. The molecule has 0 N–H and O–H groups in total. The molecule has 1 aromatic heterocycles. The van der Waals surface area contributed by atoms with Crippen LogP contribution in [0, 0.1) is 5.92 Å². The summed E-state index contributed by atoms with van der Waals surface area (Å²) in [7, 11) is 0. The highest BCUT2D eigenvalue weighted by Crippen LogP contribution is 2.42. The summed E-state index contributed by atoms with van der Waals surface area (Å²) in [5, 5.41) is 2.51. The molecular formula is C67H51N3. The molecule has 334 valence electrons. The van der Waals surface area contributed by atoms with E-state index in [0.717, 1.165) is 51.7 Å². The zero-order valence-electron chi connectivity index (χ0n) is 39.1. The minimum atomic E-state index is 0.532. The fraction of sp³-hybridized carbons (Fsp3) is 0.0448. The van der Waals surface area contributed by atoms with Crippen LogP contribution in [0.5, 0.6) is 0 Å². The van der Waals surface area contributed by atoms with Gasteiger partial charge in [0.25, 0.3) is 0 Å². The lowest BCUT2D eigenvalue weighted by Gasteiger charge is -2.27. The van der Waals surface area contributed by atoms with Gasteiger partial charge in [-0.1, -0.05) is 195 Å². The Morgan fingerprint density at radius 2 is 0.657 bits per heavy atom. The lowest BCUT2D eigenvalue weighted by molar-refractivity contribution is 0.735. The predicted octanol–water partition coefficient (Wildman–Crippen LogP) is 18.8. The second kappa shape index (κ2) is 18.6. The van der Waals surface area contributed by atoms with E-state index in [1.165, 1.54) is 60.9 Å². The van der Waals surface area contributed by atoms with Crippen molar-refractivity contribution in [3.63, 3.8) is 0 Å². The highest BCUT2D eigenvalue weighted by Gasteiger charge is 2.20. The summed E-state index contributed by atoms with van der Waals surface area (Å²) in [6, 6.07) is 92.3. The van der Waals surface area contributed by atoms with Gasteiger partial charge in [0.05, 0.1) is 11.0 Å². The Morgan fingerprint density at radius 3 is 1.04 bits per heavy atom. The van der Waals surface area contributed by atoms with Crippen LogP contribution in [-0.4, -0.2) is 4.57 Å². The van der Waals surface area contributed by atoms with Gasteiger partial charge >= 0.3 is 0 Å². The van der Waals surface area contributed by atoms with E-state index >= 15 is 0 Å². The van der Waals surface area contributed by atoms with Crippen LogP contribution in [0.15, 0.2) is 273 Å². The molecule has 0 fully saturated rings. The molecule has 3 heteroatoms. The Hall–Kier alpha value is -8.92. The molecule has 1 aliphatic carbocycles. The Morgan fingerprint density at radius 1 is 0.329 bits per heavy atom. The van der Waals surface area contributed by atoms with E-state index in [0.29, 0.717) is 5.92 Å². The minimum Gasteiger partial charge on any atom is -0.311 e. The van der Waals surface area contributed by atoms with Gasteiger partial charge in [-0.3, -0.25) is 0 Å². The zero-order valence-corrected chi connectivity index (χ0v) is 39.1. The fourth-order valence-corrected chi connectivity index (χ4v) is 10.1. The molecule has 0 amide bonds. The molecule has 3 nitrogen and oxygen atoms in total.